The van der Waals surface area contributed by atoms with Crippen LogP contribution in [0.3, 0.4) is 0 Å². The number of hydrogen-bond acceptors (Lipinski definition) is 6. The monoisotopic (exact) mass is 379 g/mol. The molecule has 0 amide bonds. The zero-order valence-electron chi connectivity index (χ0n) is 15.4. The highest BCUT2D eigenvalue weighted by molar-refractivity contribution is 6.17. The summed E-state index contributed by atoms with van der Waals surface area (Å²) in [5, 5.41) is 1.20. The number of pyridine rings is 1. The maximum absolute atomic E-state index is 13.5. The molecule has 7 nitrogen and oxygen atoms in total. The van der Waals surface area contributed by atoms with E-state index in [1.807, 2.05) is 6.07 Å². The highest BCUT2D eigenvalue weighted by Gasteiger charge is 2.28. The number of rotatable bonds is 2. The van der Waals surface area contributed by atoms with Crippen LogP contribution in [0.4, 0.5) is 0 Å². The third-order valence-electron chi connectivity index (χ3n) is 5.31. The first kappa shape index (κ1) is 16.7. The molecule has 0 aliphatic carbocycles. The maximum atomic E-state index is 13.5. The number of nitrogens with zero attached hydrogens (tertiary/aromatic N) is 1. The predicted molar refractivity (Wildman–Crippen MR) is 101 cm³/mol. The summed E-state index contributed by atoms with van der Waals surface area (Å²) >= 11 is 0. The summed E-state index contributed by atoms with van der Waals surface area (Å²) in [6.07, 6.45) is 0.545. The Morgan fingerprint density at radius 3 is 2.50 bits per heavy atom. The number of methoxy groups -OCH3 is 2. The molecule has 3 heterocycles. The number of benzene rings is 2. The van der Waals surface area contributed by atoms with Crippen molar-refractivity contribution in [2.75, 3.05) is 21.0 Å². The number of ether oxygens (including phenoxy) is 4. The first-order chi connectivity index (χ1) is 13.6. The van der Waals surface area contributed by atoms with E-state index in [1.54, 1.807) is 18.2 Å². The summed E-state index contributed by atoms with van der Waals surface area (Å²) in [5.41, 5.74) is 1.46. The van der Waals surface area contributed by atoms with E-state index < -0.39 is 0 Å². The lowest BCUT2D eigenvalue weighted by Crippen LogP contribution is -2.25. The summed E-state index contributed by atoms with van der Waals surface area (Å²) in [5.74, 6) is 1.89. The Morgan fingerprint density at radius 2 is 1.75 bits per heavy atom. The summed E-state index contributed by atoms with van der Waals surface area (Å²) < 4.78 is 23.2. The Balaban J connectivity index is 1.82. The molecule has 0 radical (unpaired) electrons. The number of carbonyl (C=O) groups is 1. The highest BCUT2D eigenvalue weighted by atomic mass is 16.7. The summed E-state index contributed by atoms with van der Waals surface area (Å²) in [6.45, 7) is 0.541. The van der Waals surface area contributed by atoms with Crippen molar-refractivity contribution in [2.45, 2.75) is 13.0 Å². The van der Waals surface area contributed by atoms with Crippen LogP contribution in [0, 0.1) is 0 Å². The molecule has 2 aromatic carbocycles. The zero-order valence-corrected chi connectivity index (χ0v) is 15.4. The van der Waals surface area contributed by atoms with Crippen LogP contribution >= 0.6 is 0 Å². The molecule has 0 N–H and O–H groups in total. The minimum absolute atomic E-state index is 0.141. The fourth-order valence-corrected chi connectivity index (χ4v) is 3.99. The van der Waals surface area contributed by atoms with Crippen LogP contribution in [-0.4, -0.2) is 31.4 Å². The van der Waals surface area contributed by atoms with Crippen LogP contribution in [0.1, 0.15) is 21.6 Å². The van der Waals surface area contributed by atoms with Gasteiger partial charge in [0.05, 0.1) is 14.2 Å². The second-order valence-corrected chi connectivity index (χ2v) is 6.69. The number of ketones is 1. The maximum Gasteiger partial charge on any atom is 0.251 e. The van der Waals surface area contributed by atoms with E-state index >= 15 is 0 Å². The molecule has 0 saturated carbocycles. The van der Waals surface area contributed by atoms with Gasteiger partial charge in [-0.3, -0.25) is 9.59 Å². The van der Waals surface area contributed by atoms with Gasteiger partial charge in [0, 0.05) is 28.9 Å². The first-order valence-electron chi connectivity index (χ1n) is 8.88. The lowest BCUT2D eigenvalue weighted by atomic mass is 9.97. The van der Waals surface area contributed by atoms with Gasteiger partial charge in [0.2, 0.25) is 12.6 Å². The van der Waals surface area contributed by atoms with Gasteiger partial charge >= 0.3 is 0 Å². The summed E-state index contributed by atoms with van der Waals surface area (Å²) in [6, 6.07) is 8.57. The van der Waals surface area contributed by atoms with Gasteiger partial charge in [-0.2, -0.15) is 0 Å². The molecule has 28 heavy (non-hydrogen) atoms. The molecule has 2 aliphatic heterocycles. The van der Waals surface area contributed by atoms with E-state index in [0.29, 0.717) is 58.0 Å². The minimum Gasteiger partial charge on any atom is -0.493 e. The molecule has 0 atom stereocenters. The number of carbonyl (C=O) groups excluding carboxylic acids is 1. The first-order valence-corrected chi connectivity index (χ1v) is 8.88. The highest BCUT2D eigenvalue weighted by Crippen LogP contribution is 2.39. The van der Waals surface area contributed by atoms with Crippen LogP contribution in [0.2, 0.25) is 0 Å². The third kappa shape index (κ3) is 2.22. The molecule has 7 heteroatoms. The van der Waals surface area contributed by atoms with Crippen LogP contribution in [-0.2, 0) is 13.0 Å². The molecule has 0 saturated heterocycles. The van der Waals surface area contributed by atoms with E-state index in [1.165, 1.54) is 24.9 Å². The zero-order chi connectivity index (χ0) is 19.4. The van der Waals surface area contributed by atoms with Gasteiger partial charge < -0.3 is 23.5 Å². The number of aromatic nitrogens is 1. The molecule has 1 aromatic heterocycles. The van der Waals surface area contributed by atoms with E-state index in [0.717, 1.165) is 5.56 Å². The van der Waals surface area contributed by atoms with Crippen molar-refractivity contribution in [3.05, 3.63) is 57.5 Å². The van der Waals surface area contributed by atoms with Crippen molar-refractivity contribution in [2.24, 2.45) is 0 Å². The molecule has 0 spiro atoms. The summed E-state index contributed by atoms with van der Waals surface area (Å²) in [7, 11) is 3.04. The van der Waals surface area contributed by atoms with Crippen molar-refractivity contribution in [3.8, 4) is 23.0 Å². The van der Waals surface area contributed by atoms with Crippen molar-refractivity contribution in [3.63, 3.8) is 0 Å². The lowest BCUT2D eigenvalue weighted by molar-refractivity contribution is 0.103. The predicted octanol–water partition coefficient (Wildman–Crippen LogP) is 2.53. The number of hydrogen-bond donors (Lipinski definition) is 0. The Morgan fingerprint density at radius 1 is 0.964 bits per heavy atom. The van der Waals surface area contributed by atoms with Gasteiger partial charge in [-0.05, 0) is 36.2 Å². The average molecular weight is 379 g/mol. The molecule has 3 aromatic rings. The second-order valence-electron chi connectivity index (χ2n) is 6.69. The Labute approximate surface area is 160 Å². The standard InChI is InChI=1S/C21H17NO6/c1-25-15-4-3-12-14(21(15)26-2)9-18(23)22-6-5-11-7-16-17(28-10-27-16)8-13(11)20(24)19(12)22/h3-4,7-9H,5-6,10H2,1-2H3. The van der Waals surface area contributed by atoms with Gasteiger partial charge in [-0.25, -0.2) is 0 Å². The fourth-order valence-electron chi connectivity index (χ4n) is 3.99. The smallest absolute Gasteiger partial charge is 0.251 e. The second kappa shape index (κ2) is 6.02. The summed E-state index contributed by atoms with van der Waals surface area (Å²) in [4.78, 5) is 26.4. The van der Waals surface area contributed by atoms with Crippen molar-refractivity contribution in [1.82, 2.24) is 4.57 Å². The SMILES string of the molecule is COc1ccc2c3n(c(=O)cc2c1OC)CCc1cc2c(cc1C3=O)OCO2. The van der Waals surface area contributed by atoms with Gasteiger partial charge in [0.25, 0.3) is 5.56 Å². The molecular weight excluding hydrogens is 362 g/mol. The minimum atomic E-state index is -0.254. The van der Waals surface area contributed by atoms with E-state index in [2.05, 4.69) is 0 Å². The normalized spacial score (nSPS) is 14.4. The lowest BCUT2D eigenvalue weighted by Gasteiger charge is -2.15. The van der Waals surface area contributed by atoms with Gasteiger partial charge in [-0.1, -0.05) is 0 Å². The quantitative estimate of drug-likeness (QED) is 0.681. The van der Waals surface area contributed by atoms with Crippen LogP contribution in [0.15, 0.2) is 35.1 Å². The van der Waals surface area contributed by atoms with E-state index in [9.17, 15) is 9.59 Å². The Bertz CT molecular complexity index is 1210. The molecule has 142 valence electrons. The van der Waals surface area contributed by atoms with Crippen LogP contribution < -0.4 is 24.5 Å². The van der Waals surface area contributed by atoms with E-state index in [4.69, 9.17) is 18.9 Å². The Hall–Kier alpha value is -3.48. The van der Waals surface area contributed by atoms with Gasteiger partial charge in [0.1, 0.15) is 5.69 Å². The third-order valence-corrected chi connectivity index (χ3v) is 5.31. The average Bonchev–Trinajstić information content (AvgIpc) is 3.11. The largest absolute Gasteiger partial charge is 0.493 e. The Kier molecular flexibility index (Phi) is 3.58. The molecule has 2 aliphatic rings. The topological polar surface area (TPSA) is 76.0 Å². The van der Waals surface area contributed by atoms with Crippen molar-refractivity contribution >= 4 is 16.6 Å². The van der Waals surface area contributed by atoms with Crippen LogP contribution in [0.5, 0.6) is 23.0 Å². The van der Waals surface area contributed by atoms with Gasteiger partial charge in [0.15, 0.2) is 23.0 Å². The molecular formula is C21H17NO6. The van der Waals surface area contributed by atoms with Crippen LogP contribution in [0.25, 0.3) is 10.8 Å². The van der Waals surface area contributed by atoms with E-state index in [-0.39, 0.29) is 18.1 Å². The number of fused-ring (bicyclic) bond motifs is 5. The van der Waals surface area contributed by atoms with Crippen molar-refractivity contribution < 1.29 is 23.7 Å². The van der Waals surface area contributed by atoms with Gasteiger partial charge in [-0.15, -0.1) is 0 Å². The molecule has 0 fully saturated rings. The molecule has 0 unspecified atom stereocenters. The van der Waals surface area contributed by atoms with Crippen molar-refractivity contribution in [1.29, 1.82) is 0 Å². The number of aryl methyl sites for hydroxylation is 1. The molecule has 0 bridgehead atoms. The fraction of sp³-hybridized carbons (Fsp3) is 0.238. The molecule has 5 rings (SSSR count).